The summed E-state index contributed by atoms with van der Waals surface area (Å²) < 4.78 is 11.1. The first-order chi connectivity index (χ1) is 16.9. The molecule has 2 N–H and O–H groups in total. The van der Waals surface area contributed by atoms with Crippen molar-refractivity contribution in [2.24, 2.45) is 17.8 Å². The van der Waals surface area contributed by atoms with E-state index >= 15 is 0 Å². The quantitative estimate of drug-likeness (QED) is 0.684. The van der Waals surface area contributed by atoms with Gasteiger partial charge in [-0.25, -0.2) is 4.79 Å². The van der Waals surface area contributed by atoms with Gasteiger partial charge in [-0.2, -0.15) is 0 Å². The second kappa shape index (κ2) is 9.70. The zero-order chi connectivity index (χ0) is 24.5. The number of rotatable bonds is 5. The number of carboxylic acid groups (broad SMARTS) is 1. The maximum Gasteiger partial charge on any atom is 0.407 e. The van der Waals surface area contributed by atoms with E-state index in [2.05, 4.69) is 29.6 Å². The monoisotopic (exact) mass is 478 g/mol. The number of benzene rings is 2. The summed E-state index contributed by atoms with van der Waals surface area (Å²) in [5, 5.41) is 12.3. The summed E-state index contributed by atoms with van der Waals surface area (Å²) in [7, 11) is 0. The molecule has 2 amide bonds. The largest absolute Gasteiger partial charge is 0.481 e. The Morgan fingerprint density at radius 2 is 1.69 bits per heavy atom. The normalized spacial score (nSPS) is 25.6. The molecule has 1 aliphatic carbocycles. The third-order valence-corrected chi connectivity index (χ3v) is 7.63. The number of hydrogen-bond donors (Lipinski definition) is 2. The molecular formula is C27H30N2O6. The molecule has 2 aromatic rings. The summed E-state index contributed by atoms with van der Waals surface area (Å²) in [5.74, 6) is -2.22. The highest BCUT2D eigenvalue weighted by molar-refractivity contribution is 5.82. The number of piperidine rings is 1. The van der Waals surface area contributed by atoms with Crippen LogP contribution in [-0.2, 0) is 19.1 Å². The summed E-state index contributed by atoms with van der Waals surface area (Å²) >= 11 is 0. The molecule has 0 spiro atoms. The van der Waals surface area contributed by atoms with Crippen LogP contribution < -0.4 is 5.32 Å². The summed E-state index contributed by atoms with van der Waals surface area (Å²) in [6, 6.07) is 15.7. The molecule has 8 heteroatoms. The Balaban J connectivity index is 1.20. The van der Waals surface area contributed by atoms with Gasteiger partial charge < -0.3 is 24.8 Å². The van der Waals surface area contributed by atoms with Crippen molar-refractivity contribution in [3.8, 4) is 11.1 Å². The maximum atomic E-state index is 13.2. The minimum atomic E-state index is -0.883. The highest BCUT2D eigenvalue weighted by Crippen LogP contribution is 2.44. The van der Waals surface area contributed by atoms with Gasteiger partial charge in [0, 0.05) is 19.0 Å². The molecule has 4 atom stereocenters. The number of carbonyl (C=O) groups excluding carboxylic acids is 2. The average Bonchev–Trinajstić information content (AvgIpc) is 3.45. The highest BCUT2D eigenvalue weighted by atomic mass is 16.5. The van der Waals surface area contributed by atoms with Crippen molar-refractivity contribution in [2.75, 3.05) is 32.9 Å². The second-order valence-electron chi connectivity index (χ2n) is 9.72. The molecular weight excluding hydrogens is 448 g/mol. The van der Waals surface area contributed by atoms with Gasteiger partial charge in [0.15, 0.2) is 0 Å². The molecule has 5 rings (SSSR count). The van der Waals surface area contributed by atoms with Gasteiger partial charge in [-0.15, -0.1) is 0 Å². The molecule has 0 radical (unpaired) electrons. The molecule has 4 unspecified atom stereocenters. The van der Waals surface area contributed by atoms with Gasteiger partial charge in [-0.05, 0) is 34.6 Å². The van der Waals surface area contributed by atoms with Gasteiger partial charge in [0.1, 0.15) is 6.61 Å². The summed E-state index contributed by atoms with van der Waals surface area (Å²) in [6.45, 7) is 3.20. The predicted octanol–water partition coefficient (Wildman–Crippen LogP) is 3.11. The molecule has 2 heterocycles. The van der Waals surface area contributed by atoms with E-state index in [1.165, 1.54) is 0 Å². The first-order valence-corrected chi connectivity index (χ1v) is 12.1. The van der Waals surface area contributed by atoms with Crippen LogP contribution in [0.4, 0.5) is 4.79 Å². The Morgan fingerprint density at radius 3 is 2.34 bits per heavy atom. The molecule has 2 aromatic carbocycles. The number of amides is 2. The minimum Gasteiger partial charge on any atom is -0.481 e. The third kappa shape index (κ3) is 4.50. The lowest BCUT2D eigenvalue weighted by Gasteiger charge is -2.36. The van der Waals surface area contributed by atoms with Crippen LogP contribution in [-0.4, -0.2) is 66.9 Å². The van der Waals surface area contributed by atoms with Gasteiger partial charge in [-0.3, -0.25) is 9.59 Å². The lowest BCUT2D eigenvalue weighted by atomic mass is 9.86. The molecule has 35 heavy (non-hydrogen) atoms. The number of nitrogens with one attached hydrogen (secondary N) is 1. The second-order valence-corrected chi connectivity index (χ2v) is 9.72. The SMILES string of the molecule is CC1CCN(C(=O)C2COCC2NC(=O)OCC2c3ccccc3-c3ccccc32)CC1C(=O)O. The van der Waals surface area contributed by atoms with E-state index in [1.807, 2.05) is 31.2 Å². The van der Waals surface area contributed by atoms with Crippen LogP contribution in [0.2, 0.25) is 0 Å². The molecule has 8 nitrogen and oxygen atoms in total. The summed E-state index contributed by atoms with van der Waals surface area (Å²) in [5.41, 5.74) is 4.57. The zero-order valence-electron chi connectivity index (χ0n) is 19.7. The van der Waals surface area contributed by atoms with Crippen LogP contribution in [0.15, 0.2) is 48.5 Å². The fraction of sp³-hybridized carbons (Fsp3) is 0.444. The topological polar surface area (TPSA) is 105 Å². The van der Waals surface area contributed by atoms with Crippen molar-refractivity contribution in [3.05, 3.63) is 59.7 Å². The van der Waals surface area contributed by atoms with Crippen molar-refractivity contribution in [3.63, 3.8) is 0 Å². The maximum absolute atomic E-state index is 13.2. The van der Waals surface area contributed by atoms with E-state index in [-0.39, 0.29) is 44.1 Å². The van der Waals surface area contributed by atoms with Crippen molar-refractivity contribution < 1.29 is 29.0 Å². The van der Waals surface area contributed by atoms with Crippen LogP contribution in [0, 0.1) is 17.8 Å². The Bertz CT molecular complexity index is 1090. The third-order valence-electron chi connectivity index (χ3n) is 7.63. The minimum absolute atomic E-state index is 0.0196. The van der Waals surface area contributed by atoms with E-state index in [4.69, 9.17) is 9.47 Å². The van der Waals surface area contributed by atoms with E-state index in [1.54, 1.807) is 4.90 Å². The fourth-order valence-corrected chi connectivity index (χ4v) is 5.56. The van der Waals surface area contributed by atoms with Crippen molar-refractivity contribution >= 4 is 18.0 Å². The Morgan fingerprint density at radius 1 is 1.03 bits per heavy atom. The number of fused-ring (bicyclic) bond motifs is 3. The van der Waals surface area contributed by atoms with Gasteiger partial charge in [0.05, 0.1) is 31.1 Å². The Kier molecular flexibility index (Phi) is 6.47. The number of nitrogens with zero attached hydrogens (tertiary/aromatic N) is 1. The molecule has 184 valence electrons. The molecule has 2 saturated heterocycles. The Hall–Kier alpha value is -3.39. The standard InChI is InChI=1S/C27H30N2O6/c1-16-10-11-29(12-21(16)26(31)32)25(30)23-13-34-15-24(23)28-27(33)35-14-22-19-8-4-2-6-17(19)18-7-3-5-9-20(18)22/h2-9,16,21-24H,10-15H2,1H3,(H,28,33)(H,31,32). The van der Waals surface area contributed by atoms with E-state index in [0.717, 1.165) is 22.3 Å². The number of carbonyl (C=O) groups is 3. The van der Waals surface area contributed by atoms with E-state index < -0.39 is 29.9 Å². The van der Waals surface area contributed by atoms with E-state index in [0.29, 0.717) is 13.0 Å². The first kappa shape index (κ1) is 23.4. The van der Waals surface area contributed by atoms with E-state index in [9.17, 15) is 19.5 Å². The zero-order valence-corrected chi connectivity index (χ0v) is 19.7. The van der Waals surface area contributed by atoms with Crippen molar-refractivity contribution in [2.45, 2.75) is 25.3 Å². The molecule has 2 fully saturated rings. The number of ether oxygens (including phenoxy) is 2. The number of carboxylic acids is 1. The average molecular weight is 479 g/mol. The molecule has 0 bridgehead atoms. The van der Waals surface area contributed by atoms with Gasteiger partial charge in [0.25, 0.3) is 0 Å². The van der Waals surface area contributed by atoms with Gasteiger partial charge >= 0.3 is 12.1 Å². The first-order valence-electron chi connectivity index (χ1n) is 12.1. The lowest BCUT2D eigenvalue weighted by molar-refractivity contribution is -0.149. The van der Waals surface area contributed by atoms with Crippen LogP contribution >= 0.6 is 0 Å². The predicted molar refractivity (Wildman–Crippen MR) is 128 cm³/mol. The van der Waals surface area contributed by atoms with Crippen LogP contribution in [0.25, 0.3) is 11.1 Å². The number of aliphatic carboxylic acids is 1. The Labute approximate surface area is 204 Å². The fourth-order valence-electron chi connectivity index (χ4n) is 5.56. The number of alkyl carbamates (subject to hydrolysis) is 1. The molecule has 0 saturated carbocycles. The summed E-state index contributed by atoms with van der Waals surface area (Å²) in [6.07, 6.45) is 0.0525. The lowest BCUT2D eigenvalue weighted by Crippen LogP contribution is -2.52. The van der Waals surface area contributed by atoms with Crippen LogP contribution in [0.3, 0.4) is 0 Å². The van der Waals surface area contributed by atoms with Crippen molar-refractivity contribution in [1.29, 1.82) is 0 Å². The smallest absolute Gasteiger partial charge is 0.407 e. The molecule has 3 aliphatic rings. The van der Waals surface area contributed by atoms with Crippen LogP contribution in [0.1, 0.15) is 30.4 Å². The van der Waals surface area contributed by atoms with Gasteiger partial charge in [-0.1, -0.05) is 55.5 Å². The highest BCUT2D eigenvalue weighted by Gasteiger charge is 2.41. The number of hydrogen-bond acceptors (Lipinski definition) is 5. The number of likely N-dealkylation sites (tertiary alicyclic amines) is 1. The van der Waals surface area contributed by atoms with Crippen molar-refractivity contribution in [1.82, 2.24) is 10.2 Å². The van der Waals surface area contributed by atoms with Crippen LogP contribution in [0.5, 0.6) is 0 Å². The van der Waals surface area contributed by atoms with Gasteiger partial charge in [0.2, 0.25) is 5.91 Å². The molecule has 2 aliphatic heterocycles. The summed E-state index contributed by atoms with van der Waals surface area (Å²) in [4.78, 5) is 39.1. The molecule has 0 aromatic heterocycles.